The molecule has 0 amide bonds. The van der Waals surface area contributed by atoms with Crippen LogP contribution in [0, 0.1) is 11.8 Å². The number of carboxylic acid groups (broad SMARTS) is 3. The number of esters is 1. The Kier molecular flexibility index (Phi) is 4.56. The third-order valence-electron chi connectivity index (χ3n) is 3.94. The summed E-state index contributed by atoms with van der Waals surface area (Å²) in [6.07, 6.45) is -2.03. The lowest BCUT2D eigenvalue weighted by molar-refractivity contribution is -0.181. The van der Waals surface area contributed by atoms with Gasteiger partial charge in [0.05, 0.1) is 7.11 Å². The van der Waals surface area contributed by atoms with E-state index in [2.05, 4.69) is 4.74 Å². The van der Waals surface area contributed by atoms with Gasteiger partial charge in [-0.25, -0.2) is 9.59 Å². The molecule has 1 aromatic rings. The van der Waals surface area contributed by atoms with Crippen LogP contribution in [0.1, 0.15) is 5.56 Å². The first kappa shape index (κ1) is 17.4. The molecule has 0 radical (unpaired) electrons. The van der Waals surface area contributed by atoms with Gasteiger partial charge in [0.2, 0.25) is 5.60 Å². The molecule has 0 saturated carbocycles. The second-order valence-corrected chi connectivity index (χ2v) is 5.15. The van der Waals surface area contributed by atoms with Gasteiger partial charge in [-0.2, -0.15) is 0 Å². The first-order chi connectivity index (χ1) is 11.3. The van der Waals surface area contributed by atoms with Crippen LogP contribution in [0.3, 0.4) is 0 Å². The van der Waals surface area contributed by atoms with Gasteiger partial charge in [-0.3, -0.25) is 9.59 Å². The summed E-state index contributed by atoms with van der Waals surface area (Å²) >= 11 is 0. The molecule has 1 aliphatic heterocycles. The molecule has 1 saturated heterocycles. The van der Waals surface area contributed by atoms with Crippen molar-refractivity contribution in [2.45, 2.75) is 11.7 Å². The van der Waals surface area contributed by atoms with Crippen LogP contribution < -0.4 is 0 Å². The molecule has 0 bridgehead atoms. The quantitative estimate of drug-likeness (QED) is 0.628. The van der Waals surface area contributed by atoms with E-state index < -0.39 is 47.4 Å². The molecule has 1 aromatic carbocycles. The minimum Gasteiger partial charge on any atom is -0.481 e. The fourth-order valence-corrected chi connectivity index (χ4v) is 2.93. The number of rotatable bonds is 5. The minimum atomic E-state index is -2.49. The van der Waals surface area contributed by atoms with E-state index in [0.717, 1.165) is 7.11 Å². The van der Waals surface area contributed by atoms with Gasteiger partial charge in [0.25, 0.3) is 0 Å². The number of hydrogen-bond acceptors (Lipinski definition) is 6. The van der Waals surface area contributed by atoms with Crippen molar-refractivity contribution < 1.29 is 44.0 Å². The van der Waals surface area contributed by atoms with Gasteiger partial charge in [-0.15, -0.1) is 0 Å². The number of ether oxygens (including phenoxy) is 2. The molecular formula is C15H14O9. The van der Waals surface area contributed by atoms with Gasteiger partial charge in [-0.1, -0.05) is 30.3 Å². The molecule has 0 aliphatic carbocycles. The largest absolute Gasteiger partial charge is 0.481 e. The zero-order valence-corrected chi connectivity index (χ0v) is 12.4. The van der Waals surface area contributed by atoms with Crippen molar-refractivity contribution in [1.82, 2.24) is 0 Å². The van der Waals surface area contributed by atoms with E-state index in [-0.39, 0.29) is 5.56 Å². The number of hydrogen-bond donors (Lipinski definition) is 3. The average molecular weight is 338 g/mol. The Morgan fingerprint density at radius 2 is 1.62 bits per heavy atom. The van der Waals surface area contributed by atoms with E-state index in [1.165, 1.54) is 24.3 Å². The highest BCUT2D eigenvalue weighted by Crippen LogP contribution is 2.48. The highest BCUT2D eigenvalue weighted by molar-refractivity contribution is 5.95. The summed E-state index contributed by atoms with van der Waals surface area (Å²) in [7, 11) is 0.951. The smallest absolute Gasteiger partial charge is 0.341 e. The third-order valence-corrected chi connectivity index (χ3v) is 3.94. The van der Waals surface area contributed by atoms with Crippen molar-refractivity contribution in [3.63, 3.8) is 0 Å². The molecular weight excluding hydrogens is 324 g/mol. The van der Waals surface area contributed by atoms with Crippen LogP contribution in [0.15, 0.2) is 30.3 Å². The molecule has 24 heavy (non-hydrogen) atoms. The van der Waals surface area contributed by atoms with Crippen LogP contribution in [0.4, 0.5) is 0 Å². The van der Waals surface area contributed by atoms with Crippen molar-refractivity contribution in [2.24, 2.45) is 11.8 Å². The summed E-state index contributed by atoms with van der Waals surface area (Å²) in [6.45, 7) is 0. The predicted octanol–water partition coefficient (Wildman–Crippen LogP) is -0.0601. The highest BCUT2D eigenvalue weighted by atomic mass is 16.6. The molecule has 9 heteroatoms. The average Bonchev–Trinajstić information content (AvgIpc) is 2.92. The Balaban J connectivity index is 2.76. The Morgan fingerprint density at radius 1 is 1.04 bits per heavy atom. The van der Waals surface area contributed by atoms with Crippen molar-refractivity contribution in [3.8, 4) is 0 Å². The van der Waals surface area contributed by atoms with Crippen LogP contribution in [-0.2, 0) is 34.3 Å². The number of aliphatic carboxylic acids is 3. The highest BCUT2D eigenvalue weighted by Gasteiger charge is 2.68. The van der Waals surface area contributed by atoms with Gasteiger partial charge >= 0.3 is 23.9 Å². The molecule has 0 spiro atoms. The summed E-state index contributed by atoms with van der Waals surface area (Å²) in [4.78, 5) is 47.1. The van der Waals surface area contributed by atoms with Crippen molar-refractivity contribution in [3.05, 3.63) is 35.9 Å². The first-order valence-corrected chi connectivity index (χ1v) is 6.77. The number of carboxylic acids is 3. The minimum absolute atomic E-state index is 0.0529. The Bertz CT molecular complexity index is 683. The van der Waals surface area contributed by atoms with Crippen LogP contribution in [0.5, 0.6) is 0 Å². The zero-order valence-electron chi connectivity index (χ0n) is 12.4. The maximum absolute atomic E-state index is 12.2. The van der Waals surface area contributed by atoms with E-state index in [1.54, 1.807) is 6.07 Å². The fourth-order valence-electron chi connectivity index (χ4n) is 2.93. The second kappa shape index (κ2) is 6.28. The second-order valence-electron chi connectivity index (χ2n) is 5.15. The van der Waals surface area contributed by atoms with Crippen molar-refractivity contribution in [1.29, 1.82) is 0 Å². The summed E-state index contributed by atoms with van der Waals surface area (Å²) < 4.78 is 9.72. The van der Waals surface area contributed by atoms with Gasteiger partial charge < -0.3 is 24.8 Å². The Labute approximate surface area is 135 Å². The number of methoxy groups -OCH3 is 1. The predicted molar refractivity (Wildman–Crippen MR) is 74.9 cm³/mol. The summed E-state index contributed by atoms with van der Waals surface area (Å²) in [6, 6.07) is 7.12. The maximum atomic E-state index is 12.2. The van der Waals surface area contributed by atoms with Crippen LogP contribution in [0.2, 0.25) is 0 Å². The van der Waals surface area contributed by atoms with Crippen LogP contribution in [-0.4, -0.2) is 52.4 Å². The molecule has 4 unspecified atom stereocenters. The molecule has 3 N–H and O–H groups in total. The van der Waals surface area contributed by atoms with E-state index in [4.69, 9.17) is 4.74 Å². The molecule has 2 rings (SSSR count). The first-order valence-electron chi connectivity index (χ1n) is 6.77. The molecule has 0 aromatic heterocycles. The lowest BCUT2D eigenvalue weighted by Gasteiger charge is -2.29. The molecule has 128 valence electrons. The number of carbonyl (C=O) groups excluding carboxylic acids is 1. The topological polar surface area (TPSA) is 147 Å². The van der Waals surface area contributed by atoms with Crippen LogP contribution >= 0.6 is 0 Å². The van der Waals surface area contributed by atoms with Gasteiger partial charge in [-0.05, 0) is 5.56 Å². The lowest BCUT2D eigenvalue weighted by Crippen LogP contribution is -2.47. The molecule has 1 fully saturated rings. The van der Waals surface area contributed by atoms with E-state index in [9.17, 15) is 34.5 Å². The zero-order chi connectivity index (χ0) is 18.1. The number of carbonyl (C=O) groups is 4. The Morgan fingerprint density at radius 3 is 2.04 bits per heavy atom. The molecule has 1 aliphatic rings. The van der Waals surface area contributed by atoms with Crippen molar-refractivity contribution >= 4 is 23.9 Å². The van der Waals surface area contributed by atoms with Gasteiger partial charge in [0.1, 0.15) is 11.8 Å². The number of benzene rings is 1. The normalized spacial score (nSPS) is 29.0. The molecule has 4 atom stereocenters. The fraction of sp³-hybridized carbons (Fsp3) is 0.333. The summed E-state index contributed by atoms with van der Waals surface area (Å²) in [5.41, 5.74) is -2.54. The van der Waals surface area contributed by atoms with Gasteiger partial charge in [0, 0.05) is 0 Å². The molecule has 9 nitrogen and oxygen atoms in total. The Hall–Kier alpha value is -2.94. The third kappa shape index (κ3) is 2.48. The van der Waals surface area contributed by atoms with Crippen LogP contribution in [0.25, 0.3) is 0 Å². The van der Waals surface area contributed by atoms with Gasteiger partial charge in [0.15, 0.2) is 6.10 Å². The van der Waals surface area contributed by atoms with E-state index in [0.29, 0.717) is 0 Å². The molecule has 1 heterocycles. The monoisotopic (exact) mass is 338 g/mol. The lowest BCUT2D eigenvalue weighted by atomic mass is 9.75. The standard InChI is InChI=1S/C15H14O9/c1-23-13(20)9-8(11(16)17)10(12(18)19)24-15(9,14(21)22)7-5-3-2-4-6-7/h2-6,8-10H,1H3,(H,16,17)(H,18,19)(H,21,22). The van der Waals surface area contributed by atoms with Crippen molar-refractivity contribution in [2.75, 3.05) is 7.11 Å². The summed E-state index contributed by atoms with van der Waals surface area (Å²) in [5.74, 6) is -10.0. The maximum Gasteiger partial charge on any atom is 0.341 e. The van der Waals surface area contributed by atoms with E-state index >= 15 is 0 Å². The SMILES string of the molecule is COC(=O)C1C(C(=O)O)C(C(=O)O)OC1(C(=O)O)c1ccccc1. The summed E-state index contributed by atoms with van der Waals surface area (Å²) in [5, 5.41) is 28.3. The van der Waals surface area contributed by atoms with E-state index in [1.807, 2.05) is 0 Å².